The molecule has 0 aliphatic carbocycles. The van der Waals surface area contributed by atoms with Crippen molar-refractivity contribution in [2.24, 2.45) is 0 Å². The van der Waals surface area contributed by atoms with Gasteiger partial charge in [-0.25, -0.2) is 0 Å². The van der Waals surface area contributed by atoms with Crippen molar-refractivity contribution in [3.8, 4) is 0 Å². The van der Waals surface area contributed by atoms with Gasteiger partial charge in [0, 0.05) is 0 Å². The van der Waals surface area contributed by atoms with Crippen LogP contribution in [-0.2, 0) is 126 Å². The summed E-state index contributed by atoms with van der Waals surface area (Å²) < 4.78 is 0. The molecule has 0 aromatic rings. The zero-order chi connectivity index (χ0) is 28.0. The molecule has 0 unspecified atom stereocenters. The van der Waals surface area contributed by atoms with Crippen LogP contribution >= 0.6 is 0 Å². The topological polar surface area (TPSA) is 323 Å². The van der Waals surface area contributed by atoms with E-state index in [1.54, 1.807) is 0 Å². The molecule has 22 heteroatoms. The van der Waals surface area contributed by atoms with Gasteiger partial charge in [0.15, 0.2) is 0 Å². The average Bonchev–Trinajstić information content (AvgIpc) is 2.95. The molecule has 0 rings (SSSR count). The van der Waals surface area contributed by atoms with E-state index in [0.717, 1.165) is 99.5 Å². The van der Waals surface area contributed by atoms with E-state index in [1.807, 2.05) is 0 Å². The van der Waals surface area contributed by atoms with Crippen LogP contribution in [0.3, 0.4) is 0 Å². The van der Waals surface area contributed by atoms with E-state index in [2.05, 4.69) is 0 Å². The maximum absolute atomic E-state index is 8.25. The van der Waals surface area contributed by atoms with Crippen LogP contribution in [-0.4, -0.2) is 99.5 Å². The van der Waals surface area contributed by atoms with Crippen LogP contribution in [0.2, 0.25) is 0 Å². The van der Waals surface area contributed by atoms with E-state index < -0.39 is 0 Å². The van der Waals surface area contributed by atoms with Crippen LogP contribution in [0.15, 0.2) is 0 Å². The summed E-state index contributed by atoms with van der Waals surface area (Å²) in [7, 11) is 10.5. The monoisotopic (exact) mass is 1070 g/mol. The second-order valence-corrected chi connectivity index (χ2v) is 0. The van der Waals surface area contributed by atoms with Crippen molar-refractivity contribution in [3.05, 3.63) is 0 Å². The van der Waals surface area contributed by atoms with Crippen molar-refractivity contribution >= 4 is 0 Å². The van der Waals surface area contributed by atoms with Gasteiger partial charge in [-0.3, -0.25) is 0 Å². The molecule has 36 heavy (non-hydrogen) atoms. The Bertz CT molecular complexity index is 62.0. The van der Waals surface area contributed by atoms with Gasteiger partial charge in [-0.1, -0.05) is 0 Å². The normalized spacial score (nSPS) is 2.33. The fourth-order valence-electron chi connectivity index (χ4n) is 0. The first-order chi connectivity index (χ1) is 14.0. The van der Waals surface area contributed by atoms with Gasteiger partial charge >= 0.3 is 186 Å². The van der Waals surface area contributed by atoms with E-state index in [0.29, 0.717) is 0 Å². The molecule has 0 bridgehead atoms. The second-order valence-electron chi connectivity index (χ2n) is 0. The third-order valence-corrected chi connectivity index (χ3v) is 0. The average molecular weight is 1060 g/mol. The van der Waals surface area contributed by atoms with Crippen molar-refractivity contribution in [1.82, 2.24) is 0 Å². The van der Waals surface area contributed by atoms with Gasteiger partial charge in [0.1, 0.15) is 0 Å². The summed E-state index contributed by atoms with van der Waals surface area (Å²) in [5.41, 5.74) is 0. The minimum absolute atomic E-state index is 0. The zero-order valence-electron chi connectivity index (χ0n) is 24.2. The molecule has 0 aromatic heterocycles. The first-order valence-electron chi connectivity index (χ1n) is 5.72. The largest absolute Gasteiger partial charge is 4.00 e. The Morgan fingerprint density at radius 3 is 0.139 bits per heavy atom. The van der Waals surface area contributed by atoms with Crippen LogP contribution in [0.25, 0.3) is 0 Å². The SMILES string of the molecule is C[O-].C[O-].C[O-].C[O-].C[O-].C[O-].C[O-].C[O-].C[O-].C[O-].C[O-].C[O-].C[O-].C[O-].[Mo+4].[Mo+4].[Mo+4].[Mo+4].[Mo+4].[Mo+4].[Na+].[Na+]. The molecule has 0 aromatic carbocycles. The zero-order valence-corrected chi connectivity index (χ0v) is 40.2. The summed E-state index contributed by atoms with van der Waals surface area (Å²) in [6, 6.07) is 0. The predicted molar refractivity (Wildman–Crippen MR) is 82.9 cm³/mol. The Hall–Kier alpha value is 5.57. The number of rotatable bonds is 0. The minimum atomic E-state index is 0. The van der Waals surface area contributed by atoms with Crippen molar-refractivity contribution in [3.63, 3.8) is 0 Å². The Kier molecular flexibility index (Phi) is 10200. The summed E-state index contributed by atoms with van der Waals surface area (Å²) in [6.45, 7) is 0. The molecule has 0 radical (unpaired) electrons. The van der Waals surface area contributed by atoms with Crippen molar-refractivity contribution in [2.45, 2.75) is 0 Å². The van der Waals surface area contributed by atoms with Gasteiger partial charge in [-0.05, 0) is 0 Å². The van der Waals surface area contributed by atoms with E-state index in [4.69, 9.17) is 71.5 Å². The van der Waals surface area contributed by atoms with Gasteiger partial charge < -0.3 is 71.5 Å². The van der Waals surface area contributed by atoms with Crippen LogP contribution in [0.4, 0.5) is 0 Å². The van der Waals surface area contributed by atoms with E-state index >= 15 is 0 Å². The maximum Gasteiger partial charge on any atom is 4.00 e. The Morgan fingerprint density at radius 1 is 0.139 bits per heavy atom. The molecular formula is C14H42Mo6Na2O14+12. The molecule has 0 saturated carbocycles. The quantitative estimate of drug-likeness (QED) is 0.204. The molecule has 14 nitrogen and oxygen atoms in total. The summed E-state index contributed by atoms with van der Waals surface area (Å²) >= 11 is 0. The molecule has 0 fully saturated rings. The first kappa shape index (κ1) is 179. The summed E-state index contributed by atoms with van der Waals surface area (Å²) in [6.07, 6.45) is 0. The third-order valence-electron chi connectivity index (χ3n) is 0. The molecule has 0 spiro atoms. The standard InChI is InChI=1S/14CH3O.6Mo.2Na/c14*1-2;;;;;;;;/h14*1H3;;;;;;;;/q14*-1;6*+4;2*+1. The van der Waals surface area contributed by atoms with Gasteiger partial charge in [-0.15, -0.1) is 0 Å². The van der Waals surface area contributed by atoms with Crippen molar-refractivity contribution in [2.75, 3.05) is 99.5 Å². The summed E-state index contributed by atoms with van der Waals surface area (Å²) in [4.78, 5) is 0. The molecule has 208 valence electrons. The van der Waals surface area contributed by atoms with Gasteiger partial charge in [0.25, 0.3) is 0 Å². The van der Waals surface area contributed by atoms with Gasteiger partial charge in [-0.2, -0.15) is 99.5 Å². The van der Waals surface area contributed by atoms with Gasteiger partial charge in [0.05, 0.1) is 0 Å². The third kappa shape index (κ3) is 1900. The second kappa shape index (κ2) is 2050. The molecule has 0 aliphatic rings. The van der Waals surface area contributed by atoms with Crippen LogP contribution in [0.5, 0.6) is 0 Å². The molecule has 0 amide bonds. The predicted octanol–water partition coefficient (Wildman–Crippen LogP) is -20.3. The molecule has 0 N–H and O–H groups in total. The van der Waals surface area contributed by atoms with Crippen LogP contribution in [0, 0.1) is 0 Å². The first-order valence-corrected chi connectivity index (χ1v) is 5.72. The number of hydrogen-bond donors (Lipinski definition) is 0. The maximum atomic E-state index is 8.25. The van der Waals surface area contributed by atoms with Crippen molar-refractivity contribution in [1.29, 1.82) is 0 Å². The Labute approximate surface area is 351 Å². The Balaban J connectivity index is -0.00000000288. The molecule has 0 aliphatic heterocycles. The molecular weight excluding hydrogens is 1010 g/mol. The van der Waals surface area contributed by atoms with E-state index in [1.165, 1.54) is 0 Å². The summed E-state index contributed by atoms with van der Waals surface area (Å²) in [5.74, 6) is 0. The number of hydrogen-bond acceptors (Lipinski definition) is 14. The van der Waals surface area contributed by atoms with Crippen LogP contribution in [0.1, 0.15) is 0 Å². The van der Waals surface area contributed by atoms with Crippen molar-refractivity contribution < 1.29 is 257 Å². The summed E-state index contributed by atoms with van der Waals surface area (Å²) in [5, 5.41) is 116. The Morgan fingerprint density at radius 2 is 0.139 bits per heavy atom. The smallest absolute Gasteiger partial charge is 0.857 e. The van der Waals surface area contributed by atoms with Gasteiger partial charge in [0.2, 0.25) is 0 Å². The molecule has 0 atom stereocenters. The van der Waals surface area contributed by atoms with E-state index in [9.17, 15) is 0 Å². The fourth-order valence-corrected chi connectivity index (χ4v) is 0. The van der Waals surface area contributed by atoms with E-state index in [-0.39, 0.29) is 186 Å². The minimum Gasteiger partial charge on any atom is -0.857 e. The van der Waals surface area contributed by atoms with Crippen LogP contribution < -0.4 is 131 Å². The molecule has 0 saturated heterocycles. The fraction of sp³-hybridized carbons (Fsp3) is 1.00. The molecule has 0 heterocycles.